The van der Waals surface area contributed by atoms with Gasteiger partial charge < -0.3 is 21.1 Å². The van der Waals surface area contributed by atoms with Crippen molar-refractivity contribution in [2.75, 3.05) is 17.3 Å². The van der Waals surface area contributed by atoms with Gasteiger partial charge in [0.15, 0.2) is 17.7 Å². The molecule has 1 rings (SSSR count). The standard InChI is InChI=1S/C15H19F2N3O4S/c1-8(13(21)19-9-3-4-10(16)11(17)7-9)24-14(22)12(5-6-25-2)20-15(18)23/h3-4,7-8,12H,5-6H2,1-2H3,(H,19,21)(H3,18,20,23)/t8-,12-/m0/s1. The number of urea groups is 1. The van der Waals surface area contributed by atoms with Crippen molar-refractivity contribution in [3.05, 3.63) is 29.8 Å². The van der Waals surface area contributed by atoms with Gasteiger partial charge in [-0.15, -0.1) is 0 Å². The number of hydrogen-bond donors (Lipinski definition) is 3. The van der Waals surface area contributed by atoms with Crippen LogP contribution >= 0.6 is 11.8 Å². The highest BCUT2D eigenvalue weighted by Gasteiger charge is 2.25. The smallest absolute Gasteiger partial charge is 0.329 e. The van der Waals surface area contributed by atoms with Gasteiger partial charge in [0.25, 0.3) is 5.91 Å². The van der Waals surface area contributed by atoms with Crippen molar-refractivity contribution in [1.29, 1.82) is 0 Å². The number of benzene rings is 1. The van der Waals surface area contributed by atoms with Gasteiger partial charge in [0, 0.05) is 11.8 Å². The fourth-order valence-corrected chi connectivity index (χ4v) is 2.26. The number of thioether (sulfide) groups is 1. The molecule has 1 aromatic carbocycles. The maximum Gasteiger partial charge on any atom is 0.329 e. The lowest BCUT2D eigenvalue weighted by molar-refractivity contribution is -0.155. The summed E-state index contributed by atoms with van der Waals surface area (Å²) in [6.07, 6.45) is 0.887. The van der Waals surface area contributed by atoms with Crippen LogP contribution in [0.4, 0.5) is 19.3 Å². The summed E-state index contributed by atoms with van der Waals surface area (Å²) in [7, 11) is 0. The second-order valence-electron chi connectivity index (χ2n) is 5.04. The van der Waals surface area contributed by atoms with E-state index < -0.39 is 41.7 Å². The monoisotopic (exact) mass is 375 g/mol. The molecular weight excluding hydrogens is 356 g/mol. The van der Waals surface area contributed by atoms with E-state index in [1.807, 2.05) is 6.26 Å². The minimum atomic E-state index is -1.22. The predicted octanol–water partition coefficient (Wildman–Crippen LogP) is 1.62. The molecule has 2 atom stereocenters. The fourth-order valence-electron chi connectivity index (χ4n) is 1.78. The van der Waals surface area contributed by atoms with Crippen LogP contribution in [-0.4, -0.2) is 42.1 Å². The van der Waals surface area contributed by atoms with E-state index in [4.69, 9.17) is 10.5 Å². The van der Waals surface area contributed by atoms with E-state index in [9.17, 15) is 23.2 Å². The molecule has 0 saturated carbocycles. The molecule has 10 heteroatoms. The molecular formula is C15H19F2N3O4S. The van der Waals surface area contributed by atoms with Crippen LogP contribution in [0.25, 0.3) is 0 Å². The molecule has 4 N–H and O–H groups in total. The van der Waals surface area contributed by atoms with E-state index in [1.165, 1.54) is 24.8 Å². The zero-order chi connectivity index (χ0) is 19.0. The Balaban J connectivity index is 2.65. The van der Waals surface area contributed by atoms with Crippen LogP contribution < -0.4 is 16.4 Å². The Morgan fingerprint density at radius 2 is 1.96 bits per heavy atom. The van der Waals surface area contributed by atoms with Crippen molar-refractivity contribution in [3.63, 3.8) is 0 Å². The lowest BCUT2D eigenvalue weighted by Crippen LogP contribution is -2.46. The van der Waals surface area contributed by atoms with Crippen LogP contribution in [0.5, 0.6) is 0 Å². The summed E-state index contributed by atoms with van der Waals surface area (Å²) in [6, 6.07) is 0.959. The van der Waals surface area contributed by atoms with Gasteiger partial charge in [0.2, 0.25) is 0 Å². The number of nitrogens with one attached hydrogen (secondary N) is 2. The van der Waals surface area contributed by atoms with Gasteiger partial charge in [0.1, 0.15) is 6.04 Å². The van der Waals surface area contributed by atoms with Gasteiger partial charge >= 0.3 is 12.0 Å². The van der Waals surface area contributed by atoms with Gasteiger partial charge in [-0.1, -0.05) is 0 Å². The first-order chi connectivity index (χ1) is 11.7. The van der Waals surface area contributed by atoms with Gasteiger partial charge in [-0.3, -0.25) is 4.79 Å². The average molecular weight is 375 g/mol. The van der Waals surface area contributed by atoms with Gasteiger partial charge in [-0.25, -0.2) is 18.4 Å². The number of hydrogen-bond acceptors (Lipinski definition) is 5. The molecule has 0 aromatic heterocycles. The van der Waals surface area contributed by atoms with Crippen molar-refractivity contribution < 1.29 is 27.9 Å². The molecule has 0 unspecified atom stereocenters. The Bertz CT molecular complexity index is 645. The van der Waals surface area contributed by atoms with Crippen molar-refractivity contribution in [2.24, 2.45) is 5.73 Å². The molecule has 0 saturated heterocycles. The first-order valence-electron chi connectivity index (χ1n) is 7.26. The first-order valence-corrected chi connectivity index (χ1v) is 8.65. The minimum Gasteiger partial charge on any atom is -0.451 e. The van der Waals surface area contributed by atoms with Crippen LogP contribution in [0.3, 0.4) is 0 Å². The summed E-state index contributed by atoms with van der Waals surface area (Å²) in [5.74, 6) is -3.16. The number of rotatable bonds is 8. The molecule has 0 bridgehead atoms. The number of halogens is 2. The Morgan fingerprint density at radius 1 is 1.28 bits per heavy atom. The zero-order valence-electron chi connectivity index (χ0n) is 13.7. The van der Waals surface area contributed by atoms with Crippen LogP contribution in [0.2, 0.25) is 0 Å². The summed E-state index contributed by atoms with van der Waals surface area (Å²) < 4.78 is 31.0. The van der Waals surface area contributed by atoms with Gasteiger partial charge in [-0.2, -0.15) is 11.8 Å². The maximum atomic E-state index is 13.1. The van der Waals surface area contributed by atoms with Crippen LogP contribution in [0.15, 0.2) is 18.2 Å². The normalized spacial score (nSPS) is 12.8. The highest BCUT2D eigenvalue weighted by molar-refractivity contribution is 7.98. The summed E-state index contributed by atoms with van der Waals surface area (Å²) in [5, 5.41) is 4.55. The molecule has 0 spiro atoms. The predicted molar refractivity (Wildman–Crippen MR) is 90.0 cm³/mol. The number of esters is 1. The SMILES string of the molecule is CSCC[C@H](NC(N)=O)C(=O)O[C@@H](C)C(=O)Nc1ccc(F)c(F)c1. The van der Waals surface area contributed by atoms with E-state index in [0.717, 1.165) is 12.1 Å². The van der Waals surface area contributed by atoms with Crippen LogP contribution in [0.1, 0.15) is 13.3 Å². The third kappa shape index (κ3) is 6.96. The third-order valence-corrected chi connectivity index (χ3v) is 3.70. The Morgan fingerprint density at radius 3 is 2.52 bits per heavy atom. The lowest BCUT2D eigenvalue weighted by atomic mass is 10.2. The fraction of sp³-hybridized carbons (Fsp3) is 0.400. The molecule has 7 nitrogen and oxygen atoms in total. The molecule has 25 heavy (non-hydrogen) atoms. The number of carbonyl (C=O) groups excluding carboxylic acids is 3. The van der Waals surface area contributed by atoms with Gasteiger partial charge in [0.05, 0.1) is 0 Å². The minimum absolute atomic E-state index is 0.0148. The van der Waals surface area contributed by atoms with Crippen molar-refractivity contribution >= 4 is 35.4 Å². The summed E-state index contributed by atoms with van der Waals surface area (Å²) >= 11 is 1.46. The largest absolute Gasteiger partial charge is 0.451 e. The maximum absolute atomic E-state index is 13.1. The average Bonchev–Trinajstić information content (AvgIpc) is 2.54. The third-order valence-electron chi connectivity index (χ3n) is 3.06. The quantitative estimate of drug-likeness (QED) is 0.598. The number of amides is 3. The zero-order valence-corrected chi connectivity index (χ0v) is 14.5. The number of carbonyl (C=O) groups is 3. The second kappa shape index (κ2) is 9.82. The molecule has 0 aliphatic rings. The van der Waals surface area contributed by atoms with E-state index in [2.05, 4.69) is 10.6 Å². The summed E-state index contributed by atoms with van der Waals surface area (Å²) in [4.78, 5) is 35.0. The highest BCUT2D eigenvalue weighted by atomic mass is 32.2. The molecule has 0 aliphatic carbocycles. The lowest BCUT2D eigenvalue weighted by Gasteiger charge is -2.19. The second-order valence-corrected chi connectivity index (χ2v) is 6.03. The molecule has 1 aromatic rings. The van der Waals surface area contributed by atoms with Crippen molar-refractivity contribution in [2.45, 2.75) is 25.5 Å². The molecule has 0 fully saturated rings. The van der Waals surface area contributed by atoms with Crippen molar-refractivity contribution in [3.8, 4) is 0 Å². The van der Waals surface area contributed by atoms with E-state index in [1.54, 1.807) is 0 Å². The number of ether oxygens (including phenoxy) is 1. The topological polar surface area (TPSA) is 111 Å². The van der Waals surface area contributed by atoms with Crippen LogP contribution in [0, 0.1) is 11.6 Å². The van der Waals surface area contributed by atoms with Crippen LogP contribution in [-0.2, 0) is 14.3 Å². The van der Waals surface area contributed by atoms with Gasteiger partial charge in [-0.05, 0) is 37.5 Å². The molecule has 0 radical (unpaired) electrons. The number of nitrogens with two attached hydrogens (primary N) is 1. The molecule has 138 valence electrons. The molecule has 3 amide bonds. The Kier molecular flexibility index (Phi) is 8.12. The Labute approximate surface area is 147 Å². The molecule has 0 aliphatic heterocycles. The highest BCUT2D eigenvalue weighted by Crippen LogP contribution is 2.14. The van der Waals surface area contributed by atoms with E-state index in [-0.39, 0.29) is 12.1 Å². The van der Waals surface area contributed by atoms with E-state index in [0.29, 0.717) is 5.75 Å². The Hall–Kier alpha value is -2.36. The summed E-state index contributed by atoms with van der Waals surface area (Å²) in [6.45, 7) is 1.31. The van der Waals surface area contributed by atoms with Crippen molar-refractivity contribution in [1.82, 2.24) is 5.32 Å². The van der Waals surface area contributed by atoms with E-state index >= 15 is 0 Å². The summed E-state index contributed by atoms with van der Waals surface area (Å²) in [5.41, 5.74) is 5.03. The molecule has 0 heterocycles. The first kappa shape index (κ1) is 20.7. The number of anilines is 1. The number of primary amides is 1.